The molecule has 0 saturated carbocycles. The first-order valence-corrected chi connectivity index (χ1v) is 9.51. The number of ether oxygens (including phenoxy) is 1. The maximum absolute atomic E-state index is 12.6. The highest BCUT2D eigenvalue weighted by molar-refractivity contribution is 7.20. The normalized spacial score (nSPS) is 14.9. The van der Waals surface area contributed by atoms with Crippen LogP contribution in [0.1, 0.15) is 17.3 Å². The fourth-order valence-corrected chi connectivity index (χ4v) is 3.82. The lowest BCUT2D eigenvalue weighted by Gasteiger charge is -2.32. The van der Waals surface area contributed by atoms with Gasteiger partial charge in [-0.1, -0.05) is 30.3 Å². The van der Waals surface area contributed by atoms with Crippen LogP contribution in [0.5, 0.6) is 0 Å². The summed E-state index contributed by atoms with van der Waals surface area (Å²) in [5, 5.41) is 3.44. The number of hydrogen-bond acceptors (Lipinski definition) is 5. The van der Waals surface area contributed by atoms with E-state index >= 15 is 0 Å². The number of thiophene rings is 1. The van der Waals surface area contributed by atoms with Crippen LogP contribution in [0.4, 0.5) is 9.80 Å². The Morgan fingerprint density at radius 3 is 2.50 bits per heavy atom. The predicted molar refractivity (Wildman–Crippen MR) is 104 cm³/mol. The SMILES string of the molecule is CCOC(=O)c1cc(-c2ccccc2)sc1NC(=O)N1CCN(C)CC1. The second-order valence-corrected chi connectivity index (χ2v) is 7.21. The van der Waals surface area contributed by atoms with Crippen molar-refractivity contribution in [2.24, 2.45) is 0 Å². The highest BCUT2D eigenvalue weighted by Gasteiger charge is 2.23. The van der Waals surface area contributed by atoms with Gasteiger partial charge in [-0.15, -0.1) is 11.3 Å². The van der Waals surface area contributed by atoms with Gasteiger partial charge in [-0.25, -0.2) is 9.59 Å². The lowest BCUT2D eigenvalue weighted by molar-refractivity contribution is 0.0528. The van der Waals surface area contributed by atoms with E-state index in [4.69, 9.17) is 4.74 Å². The first-order chi connectivity index (χ1) is 12.6. The fraction of sp³-hybridized carbons (Fsp3) is 0.368. The van der Waals surface area contributed by atoms with Crippen molar-refractivity contribution in [1.29, 1.82) is 0 Å². The Bertz CT molecular complexity index is 768. The molecule has 1 fully saturated rings. The molecule has 0 bridgehead atoms. The Morgan fingerprint density at radius 2 is 1.85 bits per heavy atom. The van der Waals surface area contributed by atoms with Gasteiger partial charge in [0.25, 0.3) is 0 Å². The Hall–Kier alpha value is -2.38. The molecular weight excluding hydrogens is 350 g/mol. The van der Waals surface area contributed by atoms with Crippen LogP contribution < -0.4 is 5.32 Å². The molecule has 1 saturated heterocycles. The lowest BCUT2D eigenvalue weighted by Crippen LogP contribution is -2.48. The summed E-state index contributed by atoms with van der Waals surface area (Å²) < 4.78 is 5.16. The molecule has 1 N–H and O–H groups in total. The number of likely N-dealkylation sites (N-methyl/N-ethyl adjacent to an activating group) is 1. The van der Waals surface area contributed by atoms with Crippen molar-refractivity contribution in [2.75, 3.05) is 45.2 Å². The van der Waals surface area contributed by atoms with E-state index in [0.29, 0.717) is 30.3 Å². The number of anilines is 1. The fourth-order valence-electron chi connectivity index (χ4n) is 2.77. The zero-order chi connectivity index (χ0) is 18.5. The summed E-state index contributed by atoms with van der Waals surface area (Å²) in [6.45, 7) is 5.10. The standard InChI is InChI=1S/C19H23N3O3S/c1-3-25-18(23)15-13-16(14-7-5-4-6-8-14)26-17(15)20-19(24)22-11-9-21(2)10-12-22/h4-8,13H,3,9-12H2,1-2H3,(H,20,24). The molecule has 1 aromatic heterocycles. The number of nitrogens with one attached hydrogen (secondary N) is 1. The summed E-state index contributed by atoms with van der Waals surface area (Å²) in [5.74, 6) is -0.417. The molecule has 1 aromatic carbocycles. The molecule has 0 spiro atoms. The molecule has 7 heteroatoms. The Labute approximate surface area is 157 Å². The van der Waals surface area contributed by atoms with E-state index in [2.05, 4.69) is 10.2 Å². The molecule has 2 heterocycles. The van der Waals surface area contributed by atoms with E-state index in [0.717, 1.165) is 23.5 Å². The second kappa shape index (κ2) is 8.33. The molecule has 0 atom stereocenters. The number of benzene rings is 1. The van der Waals surface area contributed by atoms with E-state index in [-0.39, 0.29) is 6.03 Å². The smallest absolute Gasteiger partial charge is 0.341 e. The van der Waals surface area contributed by atoms with Gasteiger partial charge in [0.15, 0.2) is 0 Å². The number of carbonyl (C=O) groups excluding carboxylic acids is 2. The van der Waals surface area contributed by atoms with Gasteiger partial charge in [-0.05, 0) is 25.6 Å². The van der Waals surface area contributed by atoms with Crippen LogP contribution in [0.15, 0.2) is 36.4 Å². The molecule has 1 aliphatic rings. The maximum Gasteiger partial charge on any atom is 0.341 e. The quantitative estimate of drug-likeness (QED) is 0.835. The van der Waals surface area contributed by atoms with Gasteiger partial charge < -0.3 is 14.5 Å². The van der Waals surface area contributed by atoms with Crippen molar-refractivity contribution in [3.63, 3.8) is 0 Å². The zero-order valence-corrected chi connectivity index (χ0v) is 15.8. The van der Waals surface area contributed by atoms with Gasteiger partial charge in [0, 0.05) is 31.1 Å². The molecule has 1 aliphatic heterocycles. The lowest BCUT2D eigenvalue weighted by atomic mass is 10.1. The first kappa shape index (κ1) is 18.4. The van der Waals surface area contributed by atoms with Crippen molar-refractivity contribution in [2.45, 2.75) is 6.92 Å². The molecule has 6 nitrogen and oxygen atoms in total. The van der Waals surface area contributed by atoms with E-state index in [1.807, 2.05) is 37.4 Å². The van der Waals surface area contributed by atoms with Crippen molar-refractivity contribution in [3.8, 4) is 10.4 Å². The average molecular weight is 373 g/mol. The highest BCUT2D eigenvalue weighted by Crippen LogP contribution is 2.36. The number of hydrogen-bond donors (Lipinski definition) is 1. The van der Waals surface area contributed by atoms with Crippen molar-refractivity contribution < 1.29 is 14.3 Å². The molecule has 26 heavy (non-hydrogen) atoms. The molecule has 0 radical (unpaired) electrons. The third kappa shape index (κ3) is 4.23. The van der Waals surface area contributed by atoms with Gasteiger partial charge in [0.05, 0.1) is 12.2 Å². The summed E-state index contributed by atoms with van der Waals surface area (Å²) in [7, 11) is 2.04. The van der Waals surface area contributed by atoms with E-state index in [9.17, 15) is 9.59 Å². The van der Waals surface area contributed by atoms with E-state index < -0.39 is 5.97 Å². The molecular formula is C19H23N3O3S. The van der Waals surface area contributed by atoms with Crippen LogP contribution in [0.25, 0.3) is 10.4 Å². The van der Waals surface area contributed by atoms with E-state index in [1.54, 1.807) is 17.9 Å². The van der Waals surface area contributed by atoms with Crippen LogP contribution in [-0.2, 0) is 4.74 Å². The minimum atomic E-state index is -0.417. The summed E-state index contributed by atoms with van der Waals surface area (Å²) >= 11 is 1.39. The van der Waals surface area contributed by atoms with Crippen LogP contribution >= 0.6 is 11.3 Å². The van der Waals surface area contributed by atoms with E-state index in [1.165, 1.54) is 11.3 Å². The summed E-state index contributed by atoms with van der Waals surface area (Å²) in [4.78, 5) is 29.8. The number of esters is 1. The minimum absolute atomic E-state index is 0.176. The molecule has 138 valence electrons. The monoisotopic (exact) mass is 373 g/mol. The summed E-state index contributed by atoms with van der Waals surface area (Å²) in [5.41, 5.74) is 1.40. The number of carbonyl (C=O) groups is 2. The third-order valence-electron chi connectivity index (χ3n) is 4.30. The zero-order valence-electron chi connectivity index (χ0n) is 15.0. The van der Waals surface area contributed by atoms with Crippen LogP contribution in [-0.4, -0.2) is 61.6 Å². The first-order valence-electron chi connectivity index (χ1n) is 8.69. The van der Waals surface area contributed by atoms with Gasteiger partial charge in [-0.2, -0.15) is 0 Å². The molecule has 0 unspecified atom stereocenters. The topological polar surface area (TPSA) is 61.9 Å². The Balaban J connectivity index is 1.83. The Morgan fingerprint density at radius 1 is 1.15 bits per heavy atom. The van der Waals surface area contributed by atoms with Crippen LogP contribution in [0, 0.1) is 0 Å². The number of rotatable bonds is 4. The Kier molecular flexibility index (Phi) is 5.90. The summed E-state index contributed by atoms with van der Waals surface area (Å²) in [6, 6.07) is 11.4. The number of urea groups is 1. The molecule has 0 aliphatic carbocycles. The largest absolute Gasteiger partial charge is 0.462 e. The highest BCUT2D eigenvalue weighted by atomic mass is 32.1. The van der Waals surface area contributed by atoms with Gasteiger partial charge >= 0.3 is 12.0 Å². The molecule has 3 rings (SSSR count). The third-order valence-corrected chi connectivity index (χ3v) is 5.40. The van der Waals surface area contributed by atoms with Crippen LogP contribution in [0.2, 0.25) is 0 Å². The average Bonchev–Trinajstić information content (AvgIpc) is 3.07. The molecule has 2 aromatic rings. The second-order valence-electron chi connectivity index (χ2n) is 6.16. The van der Waals surface area contributed by atoms with Crippen LogP contribution in [0.3, 0.4) is 0 Å². The predicted octanol–water partition coefficient (Wildman–Crippen LogP) is 3.37. The van der Waals surface area contributed by atoms with Crippen molar-refractivity contribution in [3.05, 3.63) is 42.0 Å². The number of amides is 2. The number of nitrogens with zero attached hydrogens (tertiary/aromatic N) is 2. The molecule has 2 amide bonds. The van der Waals surface area contributed by atoms with Crippen molar-refractivity contribution >= 4 is 28.3 Å². The minimum Gasteiger partial charge on any atom is -0.462 e. The van der Waals surface area contributed by atoms with Gasteiger partial charge in [-0.3, -0.25) is 5.32 Å². The summed E-state index contributed by atoms with van der Waals surface area (Å²) in [6.07, 6.45) is 0. The van der Waals surface area contributed by atoms with Crippen molar-refractivity contribution in [1.82, 2.24) is 9.80 Å². The van der Waals surface area contributed by atoms with Gasteiger partial charge in [0.2, 0.25) is 0 Å². The number of piperazine rings is 1. The van der Waals surface area contributed by atoms with Gasteiger partial charge in [0.1, 0.15) is 5.00 Å². The maximum atomic E-state index is 12.6.